The normalized spacial score (nSPS) is 13.2. The molecule has 1 atom stereocenters. The minimum Gasteiger partial charge on any atom is -0.392 e. The molecule has 0 spiro atoms. The summed E-state index contributed by atoms with van der Waals surface area (Å²) in [4.78, 5) is 1.89. The van der Waals surface area contributed by atoms with Crippen LogP contribution < -0.4 is 0 Å². The molecule has 2 heteroatoms. The van der Waals surface area contributed by atoms with Crippen molar-refractivity contribution in [2.75, 3.05) is 20.1 Å². The van der Waals surface area contributed by atoms with Gasteiger partial charge in [0.1, 0.15) is 0 Å². The van der Waals surface area contributed by atoms with Gasteiger partial charge in [0.25, 0.3) is 0 Å². The van der Waals surface area contributed by atoms with Crippen molar-refractivity contribution >= 4 is 0 Å². The van der Waals surface area contributed by atoms with Gasteiger partial charge in [-0.25, -0.2) is 0 Å². The second-order valence-electron chi connectivity index (χ2n) is 2.25. The van der Waals surface area contributed by atoms with Crippen molar-refractivity contribution in [3.05, 3.63) is 0 Å². The van der Waals surface area contributed by atoms with Gasteiger partial charge in [-0.3, -0.25) is 4.90 Å². The summed E-state index contributed by atoms with van der Waals surface area (Å²) in [6.45, 7) is 2.99. The predicted molar refractivity (Wildman–Crippen MR) is 38.0 cm³/mol. The molecule has 0 saturated carbocycles. The molecule has 0 aromatic carbocycles. The van der Waals surface area contributed by atoms with E-state index in [0.29, 0.717) is 13.1 Å². The molecule has 1 N–H and O–H groups in total. The second kappa shape index (κ2) is 4.37. The lowest BCUT2D eigenvalue weighted by Gasteiger charge is -2.14. The Labute approximate surface area is 56.5 Å². The lowest BCUT2D eigenvalue weighted by Crippen LogP contribution is -2.27. The quantitative estimate of drug-likeness (QED) is 0.536. The van der Waals surface area contributed by atoms with Crippen molar-refractivity contribution in [1.29, 1.82) is 0 Å². The van der Waals surface area contributed by atoms with Gasteiger partial charge in [-0.05, 0) is 14.0 Å². The van der Waals surface area contributed by atoms with Crippen LogP contribution in [-0.2, 0) is 0 Å². The SMILES string of the molecule is C#CCN(C)CC(C)O. The summed E-state index contributed by atoms with van der Waals surface area (Å²) in [5.74, 6) is 2.49. The monoisotopic (exact) mass is 127 g/mol. The molecule has 0 aromatic rings. The Balaban J connectivity index is 3.29. The smallest absolute Gasteiger partial charge is 0.0639 e. The van der Waals surface area contributed by atoms with Gasteiger partial charge in [-0.15, -0.1) is 6.42 Å². The van der Waals surface area contributed by atoms with E-state index in [1.54, 1.807) is 6.92 Å². The van der Waals surface area contributed by atoms with E-state index >= 15 is 0 Å². The maximum absolute atomic E-state index is 8.84. The van der Waals surface area contributed by atoms with Crippen molar-refractivity contribution in [2.24, 2.45) is 0 Å². The molecule has 2 nitrogen and oxygen atoms in total. The minimum absolute atomic E-state index is 0.289. The Morgan fingerprint density at radius 1 is 1.78 bits per heavy atom. The number of aliphatic hydroxyl groups is 1. The molecule has 52 valence electrons. The van der Waals surface area contributed by atoms with Gasteiger partial charge in [-0.1, -0.05) is 5.92 Å². The van der Waals surface area contributed by atoms with Crippen LogP contribution in [0.15, 0.2) is 0 Å². The first kappa shape index (κ1) is 8.48. The Morgan fingerprint density at radius 3 is 2.67 bits per heavy atom. The second-order valence-corrected chi connectivity index (χ2v) is 2.25. The van der Waals surface area contributed by atoms with Crippen LogP contribution in [-0.4, -0.2) is 36.2 Å². The minimum atomic E-state index is -0.289. The maximum Gasteiger partial charge on any atom is 0.0639 e. The number of hydrogen-bond donors (Lipinski definition) is 1. The first-order valence-electron chi connectivity index (χ1n) is 2.97. The lowest BCUT2D eigenvalue weighted by atomic mass is 10.4. The highest BCUT2D eigenvalue weighted by Gasteiger charge is 1.98. The molecule has 0 amide bonds. The van der Waals surface area contributed by atoms with Crippen LogP contribution in [0.5, 0.6) is 0 Å². The summed E-state index contributed by atoms with van der Waals surface area (Å²) < 4.78 is 0. The van der Waals surface area contributed by atoms with Gasteiger partial charge in [0.2, 0.25) is 0 Å². The largest absolute Gasteiger partial charge is 0.392 e. The topological polar surface area (TPSA) is 23.5 Å². The van der Waals surface area contributed by atoms with Crippen LogP contribution in [0.3, 0.4) is 0 Å². The molecule has 0 rings (SSSR count). The number of aliphatic hydroxyl groups excluding tert-OH is 1. The van der Waals surface area contributed by atoms with Crippen molar-refractivity contribution in [1.82, 2.24) is 4.90 Å². The highest BCUT2D eigenvalue weighted by Crippen LogP contribution is 1.84. The molecule has 0 aliphatic heterocycles. The Bertz CT molecular complexity index is 104. The van der Waals surface area contributed by atoms with Gasteiger partial charge < -0.3 is 5.11 Å². The van der Waals surface area contributed by atoms with E-state index in [1.807, 2.05) is 11.9 Å². The summed E-state index contributed by atoms with van der Waals surface area (Å²) in [6.07, 6.45) is 4.74. The van der Waals surface area contributed by atoms with E-state index in [-0.39, 0.29) is 6.10 Å². The Kier molecular flexibility index (Phi) is 4.12. The van der Waals surface area contributed by atoms with E-state index < -0.39 is 0 Å². The molecule has 0 aliphatic rings. The molecule has 0 aromatic heterocycles. The van der Waals surface area contributed by atoms with E-state index in [1.165, 1.54) is 0 Å². The van der Waals surface area contributed by atoms with Gasteiger partial charge in [0.05, 0.1) is 12.6 Å². The van der Waals surface area contributed by atoms with Gasteiger partial charge >= 0.3 is 0 Å². The van der Waals surface area contributed by atoms with Gasteiger partial charge in [0.15, 0.2) is 0 Å². The van der Waals surface area contributed by atoms with Crippen LogP contribution in [0.2, 0.25) is 0 Å². The summed E-state index contributed by atoms with van der Waals surface area (Å²) >= 11 is 0. The molecule has 9 heavy (non-hydrogen) atoms. The fourth-order valence-electron chi connectivity index (χ4n) is 0.671. The number of hydrogen-bond acceptors (Lipinski definition) is 2. The third kappa shape index (κ3) is 5.35. The summed E-state index contributed by atoms with van der Waals surface area (Å²) in [6, 6.07) is 0. The molecule has 0 bridgehead atoms. The average molecular weight is 127 g/mol. The highest BCUT2D eigenvalue weighted by molar-refractivity contribution is 4.87. The van der Waals surface area contributed by atoms with Crippen molar-refractivity contribution in [3.63, 3.8) is 0 Å². The first-order chi connectivity index (χ1) is 4.16. The Morgan fingerprint density at radius 2 is 2.33 bits per heavy atom. The number of rotatable bonds is 3. The van der Waals surface area contributed by atoms with E-state index in [4.69, 9.17) is 11.5 Å². The molecule has 0 fully saturated rings. The van der Waals surface area contributed by atoms with Crippen LogP contribution in [0, 0.1) is 12.3 Å². The first-order valence-corrected chi connectivity index (χ1v) is 2.97. The van der Waals surface area contributed by atoms with E-state index in [9.17, 15) is 0 Å². The lowest BCUT2D eigenvalue weighted by molar-refractivity contribution is 0.148. The highest BCUT2D eigenvalue weighted by atomic mass is 16.3. The summed E-state index contributed by atoms with van der Waals surface area (Å²) in [5, 5.41) is 8.84. The molecule has 1 unspecified atom stereocenters. The van der Waals surface area contributed by atoms with Gasteiger partial charge in [-0.2, -0.15) is 0 Å². The average Bonchev–Trinajstić information content (AvgIpc) is 1.63. The van der Waals surface area contributed by atoms with Gasteiger partial charge in [0, 0.05) is 6.54 Å². The van der Waals surface area contributed by atoms with Crippen molar-refractivity contribution in [2.45, 2.75) is 13.0 Å². The van der Waals surface area contributed by atoms with E-state index in [0.717, 1.165) is 0 Å². The molecular weight excluding hydrogens is 114 g/mol. The Hall–Kier alpha value is -0.520. The third-order valence-electron chi connectivity index (χ3n) is 0.937. The zero-order chi connectivity index (χ0) is 7.28. The fraction of sp³-hybridized carbons (Fsp3) is 0.714. The third-order valence-corrected chi connectivity index (χ3v) is 0.937. The summed E-state index contributed by atoms with van der Waals surface area (Å²) in [7, 11) is 1.88. The van der Waals surface area contributed by atoms with Crippen molar-refractivity contribution < 1.29 is 5.11 Å². The van der Waals surface area contributed by atoms with Crippen LogP contribution in [0.4, 0.5) is 0 Å². The van der Waals surface area contributed by atoms with Crippen molar-refractivity contribution in [3.8, 4) is 12.3 Å². The summed E-state index contributed by atoms with van der Waals surface area (Å²) in [5.41, 5.74) is 0. The number of terminal acetylenes is 1. The number of likely N-dealkylation sites (N-methyl/N-ethyl adjacent to an activating group) is 1. The van der Waals surface area contributed by atoms with Crippen LogP contribution in [0.1, 0.15) is 6.92 Å². The predicted octanol–water partition coefficient (Wildman–Crippen LogP) is -0.0678. The van der Waals surface area contributed by atoms with E-state index in [2.05, 4.69) is 5.92 Å². The van der Waals surface area contributed by atoms with Crippen LogP contribution >= 0.6 is 0 Å². The molecule has 0 radical (unpaired) electrons. The molecule has 0 aliphatic carbocycles. The zero-order valence-corrected chi connectivity index (χ0v) is 5.96. The number of nitrogens with zero attached hydrogens (tertiary/aromatic N) is 1. The standard InChI is InChI=1S/C7H13NO/c1-4-5-8(3)6-7(2)9/h1,7,9H,5-6H2,2-3H3. The van der Waals surface area contributed by atoms with Crippen LogP contribution in [0.25, 0.3) is 0 Å². The molecular formula is C7H13NO. The molecule has 0 heterocycles. The fourth-order valence-corrected chi connectivity index (χ4v) is 0.671. The maximum atomic E-state index is 8.84. The molecule has 0 saturated heterocycles. The zero-order valence-electron chi connectivity index (χ0n) is 5.96.